The monoisotopic (exact) mass is 320 g/mol. The Hall–Kier alpha value is -3.01. The van der Waals surface area contributed by atoms with Gasteiger partial charge in [-0.1, -0.05) is 42.5 Å². The van der Waals surface area contributed by atoms with Crippen molar-refractivity contribution in [2.75, 3.05) is 12.8 Å². The number of nitrogens with two attached hydrogens (primary N) is 1. The zero-order chi connectivity index (χ0) is 17.1. The normalized spacial score (nSPS) is 11.9. The predicted molar refractivity (Wildman–Crippen MR) is 97.2 cm³/mol. The van der Waals surface area contributed by atoms with Crippen LogP contribution in [0.15, 0.2) is 60.7 Å². The van der Waals surface area contributed by atoms with Crippen LogP contribution in [0.25, 0.3) is 10.8 Å². The van der Waals surface area contributed by atoms with Gasteiger partial charge in [-0.3, -0.25) is 4.79 Å². The third-order valence-electron chi connectivity index (χ3n) is 4.13. The summed E-state index contributed by atoms with van der Waals surface area (Å²) in [5.41, 5.74) is 7.93. The first-order valence-electron chi connectivity index (χ1n) is 7.82. The van der Waals surface area contributed by atoms with Crippen LogP contribution >= 0.6 is 0 Å². The van der Waals surface area contributed by atoms with Gasteiger partial charge < -0.3 is 15.8 Å². The maximum absolute atomic E-state index is 12.5. The Kier molecular flexibility index (Phi) is 4.38. The molecule has 3 aromatic rings. The van der Waals surface area contributed by atoms with Crippen molar-refractivity contribution < 1.29 is 9.53 Å². The van der Waals surface area contributed by atoms with E-state index in [1.807, 2.05) is 31.2 Å². The van der Waals surface area contributed by atoms with Crippen LogP contribution in [0.2, 0.25) is 0 Å². The molecule has 1 atom stereocenters. The third-order valence-corrected chi connectivity index (χ3v) is 4.13. The Bertz CT molecular complexity index is 884. The molecule has 0 spiro atoms. The first-order chi connectivity index (χ1) is 11.6. The van der Waals surface area contributed by atoms with Crippen LogP contribution in [-0.2, 0) is 0 Å². The Morgan fingerprint density at radius 1 is 1.08 bits per heavy atom. The van der Waals surface area contributed by atoms with E-state index in [9.17, 15) is 4.79 Å². The van der Waals surface area contributed by atoms with Gasteiger partial charge in [-0.2, -0.15) is 0 Å². The molecule has 0 aromatic heterocycles. The molecule has 3 rings (SSSR count). The smallest absolute Gasteiger partial charge is 0.251 e. The van der Waals surface area contributed by atoms with E-state index in [1.165, 1.54) is 0 Å². The van der Waals surface area contributed by atoms with E-state index >= 15 is 0 Å². The topological polar surface area (TPSA) is 64.3 Å². The van der Waals surface area contributed by atoms with Crippen LogP contribution in [0.5, 0.6) is 5.75 Å². The van der Waals surface area contributed by atoms with Crippen molar-refractivity contribution in [3.8, 4) is 5.75 Å². The van der Waals surface area contributed by atoms with E-state index in [0.29, 0.717) is 17.0 Å². The van der Waals surface area contributed by atoms with Crippen molar-refractivity contribution in [2.24, 2.45) is 0 Å². The molecular weight excluding hydrogens is 300 g/mol. The number of rotatable bonds is 4. The highest BCUT2D eigenvalue weighted by molar-refractivity contribution is 5.96. The van der Waals surface area contributed by atoms with Gasteiger partial charge in [0.15, 0.2) is 0 Å². The highest BCUT2D eigenvalue weighted by Gasteiger charge is 2.14. The second kappa shape index (κ2) is 6.62. The van der Waals surface area contributed by atoms with Gasteiger partial charge in [-0.25, -0.2) is 0 Å². The van der Waals surface area contributed by atoms with Gasteiger partial charge >= 0.3 is 0 Å². The number of amides is 1. The molecule has 3 aromatic carbocycles. The zero-order valence-corrected chi connectivity index (χ0v) is 13.7. The highest BCUT2D eigenvalue weighted by Crippen LogP contribution is 2.25. The summed E-state index contributed by atoms with van der Waals surface area (Å²) >= 11 is 0. The van der Waals surface area contributed by atoms with Crippen molar-refractivity contribution in [2.45, 2.75) is 13.0 Å². The van der Waals surface area contributed by atoms with Gasteiger partial charge in [0.25, 0.3) is 5.91 Å². The summed E-state index contributed by atoms with van der Waals surface area (Å²) in [5, 5.41) is 5.33. The van der Waals surface area contributed by atoms with Gasteiger partial charge in [-0.05, 0) is 41.5 Å². The quantitative estimate of drug-likeness (QED) is 0.716. The van der Waals surface area contributed by atoms with E-state index in [4.69, 9.17) is 10.5 Å². The molecule has 0 fully saturated rings. The van der Waals surface area contributed by atoms with E-state index in [-0.39, 0.29) is 11.9 Å². The fourth-order valence-electron chi connectivity index (χ4n) is 2.86. The fraction of sp³-hybridized carbons (Fsp3) is 0.150. The number of hydrogen-bond donors (Lipinski definition) is 2. The van der Waals surface area contributed by atoms with Gasteiger partial charge in [0.2, 0.25) is 0 Å². The number of carbonyl (C=O) groups is 1. The molecule has 0 heterocycles. The van der Waals surface area contributed by atoms with E-state index in [0.717, 1.165) is 16.3 Å². The van der Waals surface area contributed by atoms with Crippen LogP contribution in [0.4, 0.5) is 5.69 Å². The Balaban J connectivity index is 1.84. The number of hydrogen-bond acceptors (Lipinski definition) is 3. The molecule has 0 unspecified atom stereocenters. The van der Waals surface area contributed by atoms with Gasteiger partial charge in [0, 0.05) is 5.56 Å². The predicted octanol–water partition coefficient (Wildman–Crippen LogP) is 3.92. The molecule has 0 aliphatic heterocycles. The number of fused-ring (bicyclic) bond motifs is 1. The number of nitrogens with one attached hydrogen (secondary N) is 1. The summed E-state index contributed by atoms with van der Waals surface area (Å²) in [6.45, 7) is 1.98. The van der Waals surface area contributed by atoms with Crippen molar-refractivity contribution in [3.63, 3.8) is 0 Å². The minimum atomic E-state index is -0.162. The maximum atomic E-state index is 12.5. The molecule has 0 aliphatic rings. The average molecular weight is 320 g/mol. The summed E-state index contributed by atoms with van der Waals surface area (Å²) in [6, 6.07) is 19.2. The number of nitrogen functional groups attached to an aromatic ring is 1. The van der Waals surface area contributed by atoms with Crippen molar-refractivity contribution in [3.05, 3.63) is 71.8 Å². The zero-order valence-electron chi connectivity index (χ0n) is 13.7. The van der Waals surface area contributed by atoms with Crippen molar-refractivity contribution in [1.29, 1.82) is 0 Å². The Labute approximate surface area is 141 Å². The lowest BCUT2D eigenvalue weighted by Crippen LogP contribution is -2.26. The summed E-state index contributed by atoms with van der Waals surface area (Å²) in [6.07, 6.45) is 0. The fourth-order valence-corrected chi connectivity index (χ4v) is 2.86. The van der Waals surface area contributed by atoms with E-state index in [1.54, 1.807) is 25.3 Å². The van der Waals surface area contributed by atoms with Crippen LogP contribution < -0.4 is 15.8 Å². The average Bonchev–Trinajstić information content (AvgIpc) is 2.61. The lowest BCUT2D eigenvalue weighted by molar-refractivity contribution is 0.0940. The van der Waals surface area contributed by atoms with Crippen LogP contribution in [-0.4, -0.2) is 13.0 Å². The summed E-state index contributed by atoms with van der Waals surface area (Å²) < 4.78 is 5.12. The molecule has 1 amide bonds. The minimum Gasteiger partial charge on any atom is -0.495 e. The van der Waals surface area contributed by atoms with Crippen molar-refractivity contribution in [1.82, 2.24) is 5.32 Å². The highest BCUT2D eigenvalue weighted by atomic mass is 16.5. The largest absolute Gasteiger partial charge is 0.495 e. The second-order valence-corrected chi connectivity index (χ2v) is 5.72. The molecule has 3 N–H and O–H groups in total. The van der Waals surface area contributed by atoms with Gasteiger partial charge in [0.1, 0.15) is 5.75 Å². The number of methoxy groups -OCH3 is 1. The molecule has 24 heavy (non-hydrogen) atoms. The second-order valence-electron chi connectivity index (χ2n) is 5.72. The molecule has 0 saturated carbocycles. The first-order valence-corrected chi connectivity index (χ1v) is 7.82. The van der Waals surface area contributed by atoms with Crippen molar-refractivity contribution >= 4 is 22.4 Å². The maximum Gasteiger partial charge on any atom is 0.251 e. The third kappa shape index (κ3) is 3.04. The molecule has 0 saturated heterocycles. The minimum absolute atomic E-state index is 0.119. The number of ether oxygens (including phenoxy) is 1. The van der Waals surface area contributed by atoms with Crippen LogP contribution in [0, 0.1) is 0 Å². The summed E-state index contributed by atoms with van der Waals surface area (Å²) in [7, 11) is 1.55. The number of benzene rings is 3. The van der Waals surface area contributed by atoms with Crippen LogP contribution in [0.3, 0.4) is 0 Å². The molecule has 4 nitrogen and oxygen atoms in total. The van der Waals surface area contributed by atoms with Gasteiger partial charge in [-0.15, -0.1) is 0 Å². The number of carbonyl (C=O) groups excluding carboxylic acids is 1. The van der Waals surface area contributed by atoms with Gasteiger partial charge in [0.05, 0.1) is 18.8 Å². The SMILES string of the molecule is COc1ccc(C(=O)N[C@H](C)c2cccc3ccccc23)cc1N. The first kappa shape index (κ1) is 15.9. The standard InChI is InChI=1S/C20H20N2O2/c1-13(16-9-5-7-14-6-3-4-8-17(14)16)22-20(23)15-10-11-19(24-2)18(21)12-15/h3-13H,21H2,1-2H3,(H,22,23)/t13-/m1/s1. The number of anilines is 1. The Morgan fingerprint density at radius 2 is 1.83 bits per heavy atom. The lowest BCUT2D eigenvalue weighted by Gasteiger charge is -2.17. The summed E-state index contributed by atoms with van der Waals surface area (Å²) in [5.74, 6) is 0.401. The lowest BCUT2D eigenvalue weighted by atomic mass is 9.99. The summed E-state index contributed by atoms with van der Waals surface area (Å²) in [4.78, 5) is 12.5. The molecule has 0 aliphatic carbocycles. The molecule has 122 valence electrons. The Morgan fingerprint density at radius 3 is 2.58 bits per heavy atom. The molecule has 0 radical (unpaired) electrons. The molecule has 4 heteroatoms. The molecule has 0 bridgehead atoms. The van der Waals surface area contributed by atoms with E-state index < -0.39 is 0 Å². The molecular formula is C20H20N2O2. The van der Waals surface area contributed by atoms with Crippen LogP contribution in [0.1, 0.15) is 28.9 Å². The van der Waals surface area contributed by atoms with E-state index in [2.05, 4.69) is 23.5 Å².